The highest BCUT2D eigenvalue weighted by molar-refractivity contribution is 7.87. The number of aliphatic hydroxyl groups excluding tert-OH is 1. The lowest BCUT2D eigenvalue weighted by Gasteiger charge is -2.14. The summed E-state index contributed by atoms with van der Waals surface area (Å²) in [5.74, 6) is -0.533. The minimum absolute atomic E-state index is 0.132. The van der Waals surface area contributed by atoms with E-state index in [1.54, 1.807) is 0 Å². The zero-order valence-corrected chi connectivity index (χ0v) is 15.5. The van der Waals surface area contributed by atoms with Gasteiger partial charge in [-0.15, -0.1) is 0 Å². The number of ether oxygens (including phenoxy) is 1. The topological polar surface area (TPSA) is 89.9 Å². The van der Waals surface area contributed by atoms with E-state index in [1.807, 2.05) is 18.2 Å². The fourth-order valence-electron chi connectivity index (χ4n) is 2.47. The maximum absolute atomic E-state index is 12.0. The van der Waals surface area contributed by atoms with E-state index in [-0.39, 0.29) is 13.0 Å². The molecular weight excluding hydrogens is 344 g/mol. The molecule has 0 radical (unpaired) electrons. The fourth-order valence-corrected chi connectivity index (χ4v) is 3.61. The van der Waals surface area contributed by atoms with Crippen molar-refractivity contribution in [1.29, 1.82) is 0 Å². The van der Waals surface area contributed by atoms with Crippen LogP contribution in [-0.4, -0.2) is 45.1 Å². The molecule has 1 aromatic rings. The number of methoxy groups -OCH3 is 1. The predicted octanol–water partition coefficient (Wildman–Crippen LogP) is 2.45. The lowest BCUT2D eigenvalue weighted by Crippen LogP contribution is -2.28. The molecule has 0 aliphatic carbocycles. The first-order chi connectivity index (χ1) is 12.0. The number of esters is 1. The summed E-state index contributed by atoms with van der Waals surface area (Å²) in [4.78, 5) is 11.0. The van der Waals surface area contributed by atoms with Crippen LogP contribution in [-0.2, 0) is 30.3 Å². The van der Waals surface area contributed by atoms with Crippen molar-refractivity contribution in [2.45, 2.75) is 50.2 Å². The van der Waals surface area contributed by atoms with Crippen molar-refractivity contribution in [3.8, 4) is 0 Å². The zero-order valence-electron chi connectivity index (χ0n) is 14.7. The van der Waals surface area contributed by atoms with Crippen LogP contribution in [0.25, 0.3) is 0 Å². The van der Waals surface area contributed by atoms with Crippen molar-refractivity contribution in [3.05, 3.63) is 35.9 Å². The number of aliphatic hydroxyl groups is 1. The molecule has 6 nitrogen and oxygen atoms in total. The molecule has 142 valence electrons. The zero-order chi connectivity index (χ0) is 18.5. The highest BCUT2D eigenvalue weighted by Gasteiger charge is 2.25. The number of rotatable bonds is 13. The third-order valence-electron chi connectivity index (χ3n) is 3.98. The average Bonchev–Trinajstić information content (AvgIpc) is 2.61. The van der Waals surface area contributed by atoms with Gasteiger partial charge in [0.15, 0.2) is 0 Å². The number of carbonyl (C=O) groups is 1. The van der Waals surface area contributed by atoms with Gasteiger partial charge in [0.25, 0.3) is 10.1 Å². The van der Waals surface area contributed by atoms with Crippen LogP contribution in [0, 0.1) is 0 Å². The molecule has 1 rings (SSSR count). The van der Waals surface area contributed by atoms with E-state index in [0.717, 1.165) is 25.7 Å². The summed E-state index contributed by atoms with van der Waals surface area (Å²) in [6.07, 6.45) is 4.90. The lowest BCUT2D eigenvalue weighted by atomic mass is 10.1. The Morgan fingerprint density at radius 3 is 2.44 bits per heavy atom. The molecule has 0 aliphatic heterocycles. The molecule has 0 heterocycles. The van der Waals surface area contributed by atoms with E-state index < -0.39 is 27.9 Å². The minimum Gasteiger partial charge on any atom is -0.469 e. The predicted molar refractivity (Wildman–Crippen MR) is 95.6 cm³/mol. The number of hydrogen-bond acceptors (Lipinski definition) is 6. The molecule has 1 N–H and O–H groups in total. The number of carbonyl (C=O) groups excluding carboxylic acids is 1. The number of aryl methyl sites for hydroxylation is 1. The van der Waals surface area contributed by atoms with Crippen molar-refractivity contribution >= 4 is 16.1 Å². The van der Waals surface area contributed by atoms with E-state index in [1.165, 1.54) is 12.7 Å². The van der Waals surface area contributed by atoms with Crippen molar-refractivity contribution in [3.63, 3.8) is 0 Å². The molecule has 0 fully saturated rings. The van der Waals surface area contributed by atoms with E-state index in [4.69, 9.17) is 4.18 Å². The summed E-state index contributed by atoms with van der Waals surface area (Å²) in [6, 6.07) is 10.2. The molecule has 0 aliphatic rings. The fraction of sp³-hybridized carbons (Fsp3) is 0.611. The van der Waals surface area contributed by atoms with Gasteiger partial charge in [0, 0.05) is 0 Å². The standard InChI is InChI=1S/C18H28O6S/c1-23-18(20)13-14-24-25(21,22)17(15-19)12-8-3-2-5-9-16-10-6-4-7-11-16/h4,6-7,10-11,17,19H,2-3,5,8-9,12-15H2,1H3. The Balaban J connectivity index is 2.22. The molecule has 0 amide bonds. The molecule has 0 saturated carbocycles. The maximum atomic E-state index is 12.0. The normalized spacial score (nSPS) is 12.7. The monoisotopic (exact) mass is 372 g/mol. The molecule has 1 atom stereocenters. The highest BCUT2D eigenvalue weighted by atomic mass is 32.2. The Hall–Kier alpha value is -1.44. The quantitative estimate of drug-likeness (QED) is 0.325. The first kappa shape index (κ1) is 21.6. The van der Waals surface area contributed by atoms with Gasteiger partial charge in [-0.1, -0.05) is 49.6 Å². The molecular formula is C18H28O6S. The van der Waals surface area contributed by atoms with Crippen LogP contribution < -0.4 is 0 Å². The van der Waals surface area contributed by atoms with Crippen LogP contribution in [0.5, 0.6) is 0 Å². The highest BCUT2D eigenvalue weighted by Crippen LogP contribution is 2.15. The van der Waals surface area contributed by atoms with Crippen LogP contribution in [0.1, 0.15) is 44.1 Å². The second-order valence-corrected chi connectivity index (χ2v) is 7.77. The third kappa shape index (κ3) is 9.00. The van der Waals surface area contributed by atoms with Crippen molar-refractivity contribution < 1.29 is 27.2 Å². The second kappa shape index (κ2) is 12.0. The summed E-state index contributed by atoms with van der Waals surface area (Å²) >= 11 is 0. The van der Waals surface area contributed by atoms with Crippen LogP contribution >= 0.6 is 0 Å². The van der Waals surface area contributed by atoms with Gasteiger partial charge in [-0.25, -0.2) is 0 Å². The molecule has 0 spiro atoms. The number of benzene rings is 1. The molecule has 1 aromatic carbocycles. The van der Waals surface area contributed by atoms with Gasteiger partial charge in [-0.2, -0.15) is 8.42 Å². The van der Waals surface area contributed by atoms with Crippen molar-refractivity contribution in [2.75, 3.05) is 20.3 Å². The van der Waals surface area contributed by atoms with Gasteiger partial charge >= 0.3 is 5.97 Å². The summed E-state index contributed by atoms with van der Waals surface area (Å²) in [5, 5.41) is 8.37. The smallest absolute Gasteiger partial charge is 0.307 e. The first-order valence-corrected chi connectivity index (χ1v) is 10.1. The Labute approximate surface area is 150 Å². The van der Waals surface area contributed by atoms with E-state index in [0.29, 0.717) is 12.8 Å². The Kier molecular flexibility index (Phi) is 10.4. The van der Waals surface area contributed by atoms with Gasteiger partial charge in [-0.05, 0) is 24.8 Å². The largest absolute Gasteiger partial charge is 0.469 e. The molecule has 7 heteroatoms. The van der Waals surface area contributed by atoms with Gasteiger partial charge < -0.3 is 9.84 Å². The van der Waals surface area contributed by atoms with Crippen LogP contribution in [0.3, 0.4) is 0 Å². The Morgan fingerprint density at radius 2 is 1.80 bits per heavy atom. The first-order valence-electron chi connectivity index (χ1n) is 8.59. The van der Waals surface area contributed by atoms with E-state index >= 15 is 0 Å². The van der Waals surface area contributed by atoms with E-state index in [2.05, 4.69) is 16.9 Å². The second-order valence-electron chi connectivity index (χ2n) is 5.88. The molecule has 0 saturated heterocycles. The number of unbranched alkanes of at least 4 members (excludes halogenated alkanes) is 3. The molecule has 25 heavy (non-hydrogen) atoms. The van der Waals surface area contributed by atoms with E-state index in [9.17, 15) is 18.3 Å². The average molecular weight is 372 g/mol. The van der Waals surface area contributed by atoms with Crippen LogP contribution in [0.4, 0.5) is 0 Å². The Morgan fingerprint density at radius 1 is 1.12 bits per heavy atom. The summed E-state index contributed by atoms with van der Waals surface area (Å²) < 4.78 is 33.2. The van der Waals surface area contributed by atoms with Gasteiger partial charge in [0.05, 0.1) is 26.7 Å². The van der Waals surface area contributed by atoms with Gasteiger partial charge in [0.1, 0.15) is 5.25 Å². The molecule has 0 bridgehead atoms. The number of hydrogen-bond donors (Lipinski definition) is 1. The van der Waals surface area contributed by atoms with Gasteiger partial charge in [0.2, 0.25) is 0 Å². The maximum Gasteiger partial charge on any atom is 0.307 e. The molecule has 1 unspecified atom stereocenters. The third-order valence-corrected chi connectivity index (χ3v) is 5.67. The summed E-state index contributed by atoms with van der Waals surface area (Å²) in [6.45, 7) is -0.743. The van der Waals surface area contributed by atoms with Crippen LogP contribution in [0.15, 0.2) is 30.3 Å². The lowest BCUT2D eigenvalue weighted by molar-refractivity contribution is -0.141. The molecule has 0 aromatic heterocycles. The van der Waals surface area contributed by atoms with Gasteiger partial charge in [-0.3, -0.25) is 8.98 Å². The summed E-state index contributed by atoms with van der Waals surface area (Å²) in [7, 11) is -2.64. The SMILES string of the molecule is COC(=O)CCOS(=O)(=O)C(CO)CCCCCCc1ccccc1. The van der Waals surface area contributed by atoms with Crippen molar-refractivity contribution in [2.24, 2.45) is 0 Å². The van der Waals surface area contributed by atoms with Crippen molar-refractivity contribution in [1.82, 2.24) is 0 Å². The summed E-state index contributed by atoms with van der Waals surface area (Å²) in [5.41, 5.74) is 1.30. The Bertz CT molecular complexity index is 585. The van der Waals surface area contributed by atoms with Crippen LogP contribution in [0.2, 0.25) is 0 Å². The minimum atomic E-state index is -3.87.